The molecule has 0 heterocycles. The van der Waals surface area contributed by atoms with Crippen LogP contribution in [0.5, 0.6) is 5.75 Å². The lowest BCUT2D eigenvalue weighted by Crippen LogP contribution is -2.04. The summed E-state index contributed by atoms with van der Waals surface area (Å²) in [7, 11) is 0. The van der Waals surface area contributed by atoms with E-state index in [-0.39, 0.29) is 11.1 Å². The van der Waals surface area contributed by atoms with Gasteiger partial charge in [0.15, 0.2) is 0 Å². The van der Waals surface area contributed by atoms with Crippen LogP contribution in [0, 0.1) is 11.6 Å². The number of carboxylic acids is 1. The van der Waals surface area contributed by atoms with Gasteiger partial charge < -0.3 is 9.84 Å². The van der Waals surface area contributed by atoms with Crippen molar-refractivity contribution in [3.63, 3.8) is 0 Å². The third kappa shape index (κ3) is 4.06. The van der Waals surface area contributed by atoms with Crippen LogP contribution in [0.4, 0.5) is 8.78 Å². The minimum Gasteiger partial charge on any atom is -0.488 e. The average Bonchev–Trinajstić information content (AvgIpc) is 2.63. The maximum Gasteiger partial charge on any atom is 0.307 e. The highest BCUT2D eigenvalue weighted by Gasteiger charge is 2.16. The van der Waals surface area contributed by atoms with Crippen LogP contribution in [0.2, 0.25) is 0 Å². The summed E-state index contributed by atoms with van der Waals surface area (Å²) in [4.78, 5) is 10.8. The predicted molar refractivity (Wildman–Crippen MR) is 93.9 cm³/mol. The number of para-hydroxylation sites is 1. The highest BCUT2D eigenvalue weighted by molar-refractivity contribution is 5.73. The molecule has 0 aliphatic heterocycles. The lowest BCUT2D eigenvalue weighted by atomic mass is 10.0. The van der Waals surface area contributed by atoms with E-state index in [1.807, 2.05) is 30.3 Å². The summed E-state index contributed by atoms with van der Waals surface area (Å²) in [5.41, 5.74) is 1.19. The monoisotopic (exact) mass is 354 g/mol. The second-order valence-electron chi connectivity index (χ2n) is 5.76. The molecule has 1 N–H and O–H groups in total. The SMILES string of the molecule is O=C(O)Cc1cc(F)c(-c2ccccc2OCc2ccccc2)cc1F. The van der Waals surface area contributed by atoms with Gasteiger partial charge >= 0.3 is 5.97 Å². The number of carbonyl (C=O) groups is 1. The molecule has 3 nitrogen and oxygen atoms in total. The summed E-state index contributed by atoms with van der Waals surface area (Å²) in [5, 5.41) is 8.78. The third-order valence-electron chi connectivity index (χ3n) is 3.89. The van der Waals surface area contributed by atoms with Gasteiger partial charge in [-0.3, -0.25) is 4.79 Å². The molecule has 0 saturated heterocycles. The van der Waals surface area contributed by atoms with Crippen LogP contribution in [-0.2, 0) is 17.8 Å². The highest BCUT2D eigenvalue weighted by Crippen LogP contribution is 2.33. The van der Waals surface area contributed by atoms with Crippen molar-refractivity contribution < 1.29 is 23.4 Å². The summed E-state index contributed by atoms with van der Waals surface area (Å²) in [5.74, 6) is -2.26. The maximum absolute atomic E-state index is 14.5. The van der Waals surface area contributed by atoms with Crippen molar-refractivity contribution in [2.75, 3.05) is 0 Å². The van der Waals surface area contributed by atoms with Crippen molar-refractivity contribution in [2.45, 2.75) is 13.0 Å². The predicted octanol–water partition coefficient (Wildman–Crippen LogP) is 4.84. The van der Waals surface area contributed by atoms with E-state index >= 15 is 0 Å². The first-order valence-electron chi connectivity index (χ1n) is 8.00. The first-order valence-corrected chi connectivity index (χ1v) is 8.00. The van der Waals surface area contributed by atoms with Crippen LogP contribution >= 0.6 is 0 Å². The molecule has 0 bridgehead atoms. The zero-order chi connectivity index (χ0) is 18.5. The van der Waals surface area contributed by atoms with Gasteiger partial charge in [0.2, 0.25) is 0 Å². The molecule has 0 saturated carbocycles. The van der Waals surface area contributed by atoms with Gasteiger partial charge in [-0.15, -0.1) is 0 Å². The Hall–Kier alpha value is -3.21. The summed E-state index contributed by atoms with van der Waals surface area (Å²) < 4.78 is 34.5. The first-order chi connectivity index (χ1) is 12.5. The molecule has 0 aliphatic carbocycles. The fourth-order valence-electron chi connectivity index (χ4n) is 2.64. The number of benzene rings is 3. The third-order valence-corrected chi connectivity index (χ3v) is 3.89. The van der Waals surface area contributed by atoms with E-state index < -0.39 is 24.0 Å². The molecule has 0 amide bonds. The van der Waals surface area contributed by atoms with E-state index in [0.29, 0.717) is 17.9 Å². The van der Waals surface area contributed by atoms with Gasteiger partial charge in [0, 0.05) is 16.7 Å². The Kier molecular flexibility index (Phi) is 5.27. The fourth-order valence-corrected chi connectivity index (χ4v) is 2.64. The summed E-state index contributed by atoms with van der Waals surface area (Å²) in [6.07, 6.45) is -0.574. The van der Waals surface area contributed by atoms with Crippen molar-refractivity contribution in [3.8, 4) is 16.9 Å². The largest absolute Gasteiger partial charge is 0.488 e. The molecule has 0 radical (unpaired) electrons. The minimum absolute atomic E-state index is 0.0281. The van der Waals surface area contributed by atoms with E-state index in [9.17, 15) is 13.6 Å². The molecule has 5 heteroatoms. The Morgan fingerprint density at radius 3 is 2.31 bits per heavy atom. The molecule has 132 valence electrons. The van der Waals surface area contributed by atoms with Crippen LogP contribution in [0.3, 0.4) is 0 Å². The number of ether oxygens (including phenoxy) is 1. The molecule has 0 atom stereocenters. The zero-order valence-electron chi connectivity index (χ0n) is 13.8. The number of halogens is 2. The quantitative estimate of drug-likeness (QED) is 0.689. The van der Waals surface area contributed by atoms with Crippen LogP contribution in [0.1, 0.15) is 11.1 Å². The average molecular weight is 354 g/mol. The highest BCUT2D eigenvalue weighted by atomic mass is 19.1. The van der Waals surface area contributed by atoms with Crippen LogP contribution in [0.15, 0.2) is 66.7 Å². The Balaban J connectivity index is 1.92. The molecular formula is C21H16F2O3. The number of aliphatic carboxylic acids is 1. The second kappa shape index (κ2) is 7.78. The van der Waals surface area contributed by atoms with E-state index in [1.54, 1.807) is 24.3 Å². The van der Waals surface area contributed by atoms with Gasteiger partial charge in [0.25, 0.3) is 0 Å². The molecule has 0 aliphatic rings. The molecule has 3 aromatic carbocycles. The number of hydrogen-bond donors (Lipinski definition) is 1. The van der Waals surface area contributed by atoms with Crippen molar-refractivity contribution >= 4 is 5.97 Å². The van der Waals surface area contributed by atoms with E-state index in [0.717, 1.165) is 17.7 Å². The number of hydrogen-bond acceptors (Lipinski definition) is 2. The smallest absolute Gasteiger partial charge is 0.307 e. The standard InChI is InChI=1S/C21H16F2O3/c22-18-12-17(19(23)10-15(18)11-21(24)25)16-8-4-5-9-20(16)26-13-14-6-2-1-3-7-14/h1-10,12H,11,13H2,(H,24,25). The fraction of sp³-hybridized carbons (Fsp3) is 0.0952. The maximum atomic E-state index is 14.5. The second-order valence-corrected chi connectivity index (χ2v) is 5.76. The Labute approximate surface area is 149 Å². The zero-order valence-corrected chi connectivity index (χ0v) is 13.8. The topological polar surface area (TPSA) is 46.5 Å². The molecule has 0 fully saturated rings. The summed E-state index contributed by atoms with van der Waals surface area (Å²) >= 11 is 0. The lowest BCUT2D eigenvalue weighted by molar-refractivity contribution is -0.136. The minimum atomic E-state index is -1.22. The van der Waals surface area contributed by atoms with Gasteiger partial charge in [0.05, 0.1) is 6.42 Å². The van der Waals surface area contributed by atoms with E-state index in [4.69, 9.17) is 9.84 Å². The van der Waals surface area contributed by atoms with Crippen molar-refractivity contribution in [1.82, 2.24) is 0 Å². The van der Waals surface area contributed by atoms with Gasteiger partial charge in [-0.1, -0.05) is 48.5 Å². The summed E-state index contributed by atoms with van der Waals surface area (Å²) in [6.45, 7) is 0.291. The molecule has 3 rings (SSSR count). The van der Waals surface area contributed by atoms with Gasteiger partial charge in [-0.05, 0) is 23.8 Å². The number of carboxylic acid groups (broad SMARTS) is 1. The molecule has 3 aromatic rings. The van der Waals surface area contributed by atoms with Crippen LogP contribution < -0.4 is 4.74 Å². The summed E-state index contributed by atoms with van der Waals surface area (Å²) in [6, 6.07) is 18.2. The Morgan fingerprint density at radius 2 is 1.58 bits per heavy atom. The van der Waals surface area contributed by atoms with Gasteiger partial charge in [-0.25, -0.2) is 8.78 Å². The van der Waals surface area contributed by atoms with Crippen molar-refractivity contribution in [1.29, 1.82) is 0 Å². The molecule has 26 heavy (non-hydrogen) atoms. The normalized spacial score (nSPS) is 10.5. The van der Waals surface area contributed by atoms with E-state index in [2.05, 4.69) is 0 Å². The first kappa shape index (κ1) is 17.6. The van der Waals surface area contributed by atoms with Crippen LogP contribution in [-0.4, -0.2) is 11.1 Å². The Morgan fingerprint density at radius 1 is 0.885 bits per heavy atom. The molecule has 0 unspecified atom stereocenters. The molecule has 0 spiro atoms. The van der Waals surface area contributed by atoms with Crippen molar-refractivity contribution in [3.05, 3.63) is 89.5 Å². The van der Waals surface area contributed by atoms with Crippen molar-refractivity contribution in [2.24, 2.45) is 0 Å². The van der Waals surface area contributed by atoms with E-state index in [1.165, 1.54) is 0 Å². The molecule has 0 aromatic heterocycles. The molecular weight excluding hydrogens is 338 g/mol. The van der Waals surface area contributed by atoms with Gasteiger partial charge in [-0.2, -0.15) is 0 Å². The Bertz CT molecular complexity index is 924. The lowest BCUT2D eigenvalue weighted by Gasteiger charge is -2.13. The number of rotatable bonds is 6. The van der Waals surface area contributed by atoms with Gasteiger partial charge in [0.1, 0.15) is 24.0 Å². The van der Waals surface area contributed by atoms with Crippen LogP contribution in [0.25, 0.3) is 11.1 Å².